The van der Waals surface area contributed by atoms with Gasteiger partial charge in [-0.2, -0.15) is 5.10 Å². The molecule has 8 heteroatoms. The number of aromatic hydroxyl groups is 1. The van der Waals surface area contributed by atoms with E-state index in [0.717, 1.165) is 15.7 Å². The summed E-state index contributed by atoms with van der Waals surface area (Å²) < 4.78 is 15.8. The molecular weight excluding hydrogens is 455 g/mol. The number of phenols is 1. The summed E-state index contributed by atoms with van der Waals surface area (Å²) in [5.41, 5.74) is 2.79. The second-order valence-corrected chi connectivity index (χ2v) is 7.75. The minimum Gasteiger partial charge on any atom is -0.507 e. The maximum absolute atomic E-state index is 13.4. The summed E-state index contributed by atoms with van der Waals surface area (Å²) >= 11 is 4.80. The van der Waals surface area contributed by atoms with Crippen LogP contribution in [0.1, 0.15) is 5.56 Å². The van der Waals surface area contributed by atoms with Crippen molar-refractivity contribution in [3.63, 3.8) is 0 Å². The molecule has 1 N–H and O–H groups in total. The number of thiazole rings is 1. The number of benzene rings is 2. The van der Waals surface area contributed by atoms with Crippen molar-refractivity contribution >= 4 is 39.2 Å². The fourth-order valence-corrected chi connectivity index (χ4v) is 3.82. The third-order valence-electron chi connectivity index (χ3n) is 4.00. The van der Waals surface area contributed by atoms with E-state index >= 15 is 0 Å². The molecular formula is C21H14BrFN4OS. The summed E-state index contributed by atoms with van der Waals surface area (Å²) in [6.07, 6.45) is 4.90. The normalized spacial score (nSPS) is 12.0. The van der Waals surface area contributed by atoms with E-state index in [-0.39, 0.29) is 11.6 Å². The standard InChI is InChI=1S/C21H14BrFN4OS/c22-16-5-8-20(28)15(10-16)11-25-27-19(14-3-6-17(23)7-4-14)13-29-21(27)26-18-2-1-9-24-12-18/h1-13,28H. The first-order valence-corrected chi connectivity index (χ1v) is 10.2. The summed E-state index contributed by atoms with van der Waals surface area (Å²) in [5, 5.41) is 16.5. The van der Waals surface area contributed by atoms with Crippen molar-refractivity contribution < 1.29 is 9.50 Å². The average Bonchev–Trinajstić information content (AvgIpc) is 3.12. The van der Waals surface area contributed by atoms with Crippen LogP contribution in [0.15, 0.2) is 86.9 Å². The number of halogens is 2. The van der Waals surface area contributed by atoms with Gasteiger partial charge in [-0.15, -0.1) is 11.3 Å². The third kappa shape index (κ3) is 4.49. The number of phenolic OH excluding ortho intramolecular Hbond substituents is 1. The smallest absolute Gasteiger partial charge is 0.211 e. The zero-order chi connectivity index (χ0) is 20.2. The Kier molecular flexibility index (Phi) is 5.64. The van der Waals surface area contributed by atoms with Gasteiger partial charge in [-0.05, 0) is 54.6 Å². The lowest BCUT2D eigenvalue weighted by Gasteiger charge is -2.04. The largest absolute Gasteiger partial charge is 0.507 e. The van der Waals surface area contributed by atoms with E-state index in [0.29, 0.717) is 16.1 Å². The summed E-state index contributed by atoms with van der Waals surface area (Å²) in [4.78, 5) is 9.31. The van der Waals surface area contributed by atoms with E-state index in [1.165, 1.54) is 23.5 Å². The van der Waals surface area contributed by atoms with Crippen molar-refractivity contribution in [3.05, 3.63) is 93.0 Å². The maximum atomic E-state index is 13.4. The van der Waals surface area contributed by atoms with Gasteiger partial charge in [0.1, 0.15) is 11.6 Å². The molecule has 0 aliphatic heterocycles. The van der Waals surface area contributed by atoms with Gasteiger partial charge in [0.15, 0.2) is 0 Å². The Hall–Kier alpha value is -3.10. The van der Waals surface area contributed by atoms with Crippen LogP contribution in [-0.2, 0) is 0 Å². The quantitative estimate of drug-likeness (QED) is 0.411. The number of hydrogen-bond acceptors (Lipinski definition) is 5. The Morgan fingerprint density at radius 3 is 2.72 bits per heavy atom. The zero-order valence-electron chi connectivity index (χ0n) is 14.9. The van der Waals surface area contributed by atoms with E-state index in [4.69, 9.17) is 0 Å². The molecule has 2 aromatic carbocycles. The summed E-state index contributed by atoms with van der Waals surface area (Å²) in [6.45, 7) is 0. The highest BCUT2D eigenvalue weighted by atomic mass is 79.9. The lowest BCUT2D eigenvalue weighted by molar-refractivity contribution is 0.474. The van der Waals surface area contributed by atoms with Gasteiger partial charge in [0, 0.05) is 27.2 Å². The predicted octanol–water partition coefficient (Wildman–Crippen LogP) is 5.33. The van der Waals surface area contributed by atoms with Crippen molar-refractivity contribution in [3.8, 4) is 17.0 Å². The molecule has 0 atom stereocenters. The lowest BCUT2D eigenvalue weighted by atomic mass is 10.2. The van der Waals surface area contributed by atoms with Crippen LogP contribution >= 0.6 is 27.3 Å². The van der Waals surface area contributed by atoms with Crippen LogP contribution in [0.2, 0.25) is 0 Å². The predicted molar refractivity (Wildman–Crippen MR) is 116 cm³/mol. The third-order valence-corrected chi connectivity index (χ3v) is 5.31. The Morgan fingerprint density at radius 1 is 1.14 bits per heavy atom. The zero-order valence-corrected chi connectivity index (χ0v) is 17.3. The summed E-state index contributed by atoms with van der Waals surface area (Å²) in [5.74, 6) is -0.194. The molecule has 2 heterocycles. The van der Waals surface area contributed by atoms with Gasteiger partial charge in [0.05, 0.1) is 23.8 Å². The minimum absolute atomic E-state index is 0.113. The molecule has 4 aromatic rings. The SMILES string of the molecule is Oc1ccc(Br)cc1C=Nn1c(-c2ccc(F)cc2)csc1=Nc1cccnc1. The highest BCUT2D eigenvalue weighted by molar-refractivity contribution is 9.10. The van der Waals surface area contributed by atoms with Crippen molar-refractivity contribution in [1.82, 2.24) is 9.66 Å². The van der Waals surface area contributed by atoms with Gasteiger partial charge in [-0.1, -0.05) is 15.9 Å². The van der Waals surface area contributed by atoms with E-state index in [1.54, 1.807) is 59.7 Å². The van der Waals surface area contributed by atoms with E-state index in [9.17, 15) is 9.50 Å². The monoisotopic (exact) mass is 468 g/mol. The molecule has 144 valence electrons. The van der Waals surface area contributed by atoms with Crippen LogP contribution in [0, 0.1) is 5.82 Å². The van der Waals surface area contributed by atoms with Gasteiger partial charge >= 0.3 is 0 Å². The number of hydrogen-bond donors (Lipinski definition) is 1. The van der Waals surface area contributed by atoms with Crippen molar-refractivity contribution in [2.45, 2.75) is 0 Å². The molecule has 2 aromatic heterocycles. The van der Waals surface area contributed by atoms with Gasteiger partial charge in [0.2, 0.25) is 4.80 Å². The second-order valence-electron chi connectivity index (χ2n) is 5.99. The second kappa shape index (κ2) is 8.50. The van der Waals surface area contributed by atoms with Crippen molar-refractivity contribution in [1.29, 1.82) is 0 Å². The highest BCUT2D eigenvalue weighted by Crippen LogP contribution is 2.23. The topological polar surface area (TPSA) is 62.8 Å². The van der Waals surface area contributed by atoms with Crippen molar-refractivity contribution in [2.24, 2.45) is 10.1 Å². The molecule has 0 saturated heterocycles. The Morgan fingerprint density at radius 2 is 1.97 bits per heavy atom. The Labute approximate surface area is 178 Å². The summed E-state index contributed by atoms with van der Waals surface area (Å²) in [7, 11) is 0. The first-order chi connectivity index (χ1) is 14.1. The number of pyridine rings is 1. The van der Waals surface area contributed by atoms with Crippen LogP contribution in [0.5, 0.6) is 5.75 Å². The lowest BCUT2D eigenvalue weighted by Crippen LogP contribution is -2.11. The van der Waals surface area contributed by atoms with E-state index < -0.39 is 0 Å². The Bertz CT molecular complexity index is 1230. The number of nitrogens with zero attached hydrogens (tertiary/aromatic N) is 4. The molecule has 0 spiro atoms. The first-order valence-electron chi connectivity index (χ1n) is 8.54. The molecule has 0 amide bonds. The highest BCUT2D eigenvalue weighted by Gasteiger charge is 2.08. The van der Waals surface area contributed by atoms with Crippen LogP contribution in [0.25, 0.3) is 11.3 Å². The Balaban J connectivity index is 1.85. The van der Waals surface area contributed by atoms with Gasteiger partial charge in [-0.25, -0.2) is 14.1 Å². The van der Waals surface area contributed by atoms with Crippen LogP contribution in [0.3, 0.4) is 0 Å². The van der Waals surface area contributed by atoms with Crippen LogP contribution < -0.4 is 4.80 Å². The van der Waals surface area contributed by atoms with Gasteiger partial charge < -0.3 is 5.11 Å². The van der Waals surface area contributed by atoms with Crippen molar-refractivity contribution in [2.75, 3.05) is 0 Å². The fourth-order valence-electron chi connectivity index (χ4n) is 2.59. The van der Waals surface area contributed by atoms with Gasteiger partial charge in [0.25, 0.3) is 0 Å². The molecule has 0 saturated carbocycles. The molecule has 0 fully saturated rings. The number of rotatable bonds is 4. The minimum atomic E-state index is -0.307. The van der Waals surface area contributed by atoms with Crippen LogP contribution in [-0.4, -0.2) is 21.0 Å². The molecule has 5 nitrogen and oxygen atoms in total. The molecule has 4 rings (SSSR count). The average molecular weight is 469 g/mol. The maximum Gasteiger partial charge on any atom is 0.211 e. The number of aromatic nitrogens is 2. The van der Waals surface area contributed by atoms with Gasteiger partial charge in [-0.3, -0.25) is 4.98 Å². The molecule has 29 heavy (non-hydrogen) atoms. The first kappa shape index (κ1) is 19.2. The molecule has 0 aliphatic carbocycles. The molecule has 0 radical (unpaired) electrons. The van der Waals surface area contributed by atoms with E-state index in [2.05, 4.69) is 31.0 Å². The molecule has 0 bridgehead atoms. The van der Waals surface area contributed by atoms with Crippen LogP contribution in [0.4, 0.5) is 10.1 Å². The van der Waals surface area contributed by atoms with E-state index in [1.807, 2.05) is 11.4 Å². The fraction of sp³-hybridized carbons (Fsp3) is 0. The summed E-state index contributed by atoms with van der Waals surface area (Å²) in [6, 6.07) is 14.9. The molecule has 0 aliphatic rings. The molecule has 0 unspecified atom stereocenters.